The van der Waals surface area contributed by atoms with Crippen LogP contribution in [0.2, 0.25) is 0 Å². The fourth-order valence-electron chi connectivity index (χ4n) is 1.56. The van der Waals surface area contributed by atoms with E-state index in [2.05, 4.69) is 38.2 Å². The molecule has 18 heavy (non-hydrogen) atoms. The van der Waals surface area contributed by atoms with E-state index < -0.39 is 0 Å². The highest BCUT2D eigenvalue weighted by atomic mass is 35.5. The van der Waals surface area contributed by atoms with E-state index in [1.54, 1.807) is 0 Å². The molecule has 1 aromatic heterocycles. The van der Waals surface area contributed by atoms with Gasteiger partial charge in [0.1, 0.15) is 0 Å². The lowest BCUT2D eigenvalue weighted by molar-refractivity contribution is -0.122. The molecule has 0 aliphatic rings. The van der Waals surface area contributed by atoms with Gasteiger partial charge in [0, 0.05) is 6.42 Å². The summed E-state index contributed by atoms with van der Waals surface area (Å²) in [6.07, 6.45) is 3.11. The predicted molar refractivity (Wildman–Crippen MR) is 70.4 cm³/mol. The minimum Gasteiger partial charge on any atom is -0.346 e. The number of aromatic nitrogens is 4. The molecule has 0 saturated carbocycles. The Bertz CT molecular complexity index is 318. The number of carbonyl (C=O) groups is 1. The summed E-state index contributed by atoms with van der Waals surface area (Å²) in [4.78, 5) is 11.7. The van der Waals surface area contributed by atoms with Crippen LogP contribution < -0.4 is 10.6 Å². The van der Waals surface area contributed by atoms with Crippen molar-refractivity contribution < 1.29 is 4.79 Å². The van der Waals surface area contributed by atoms with Crippen LogP contribution in [0, 0.1) is 0 Å². The van der Waals surface area contributed by atoms with Crippen molar-refractivity contribution in [2.24, 2.45) is 0 Å². The Morgan fingerprint density at radius 1 is 1.50 bits per heavy atom. The summed E-state index contributed by atoms with van der Waals surface area (Å²) < 4.78 is 0. The quantitative estimate of drug-likeness (QED) is 0.604. The lowest BCUT2D eigenvalue weighted by atomic mass is 10.1. The van der Waals surface area contributed by atoms with E-state index in [0.717, 1.165) is 25.8 Å². The van der Waals surface area contributed by atoms with Gasteiger partial charge in [-0.25, -0.2) is 0 Å². The molecule has 0 aliphatic heterocycles. The van der Waals surface area contributed by atoms with Crippen molar-refractivity contribution in [1.29, 1.82) is 0 Å². The van der Waals surface area contributed by atoms with Gasteiger partial charge < -0.3 is 10.6 Å². The summed E-state index contributed by atoms with van der Waals surface area (Å²) in [7, 11) is 1.87. The minimum absolute atomic E-state index is 0. The van der Waals surface area contributed by atoms with E-state index in [4.69, 9.17) is 0 Å². The standard InChI is InChI=1S/C10H20N6O.ClH/c1-3-5-8(10-13-15-16-14-10)12-9(17)6-4-7-11-2;/h8,11H,3-7H2,1-2H3,(H,12,17)(H,13,14,15,16);1H. The fraction of sp³-hybridized carbons (Fsp3) is 0.800. The summed E-state index contributed by atoms with van der Waals surface area (Å²) in [5.74, 6) is 0.581. The highest BCUT2D eigenvalue weighted by Crippen LogP contribution is 2.13. The van der Waals surface area contributed by atoms with Crippen LogP contribution >= 0.6 is 12.4 Å². The number of hydrogen-bond acceptors (Lipinski definition) is 5. The first kappa shape index (κ1) is 16.8. The number of halogens is 1. The monoisotopic (exact) mass is 276 g/mol. The zero-order valence-corrected chi connectivity index (χ0v) is 11.6. The maximum absolute atomic E-state index is 11.7. The third-order valence-corrected chi connectivity index (χ3v) is 2.42. The smallest absolute Gasteiger partial charge is 0.220 e. The van der Waals surface area contributed by atoms with Gasteiger partial charge in [0.25, 0.3) is 0 Å². The number of tetrazole rings is 1. The summed E-state index contributed by atoms with van der Waals surface area (Å²) in [5.41, 5.74) is 0. The van der Waals surface area contributed by atoms with Crippen LogP contribution in [-0.2, 0) is 4.79 Å². The second-order valence-electron chi connectivity index (χ2n) is 3.89. The average Bonchev–Trinajstić information content (AvgIpc) is 2.82. The van der Waals surface area contributed by atoms with Gasteiger partial charge in [0.2, 0.25) is 5.91 Å². The molecule has 1 atom stereocenters. The molecule has 3 N–H and O–H groups in total. The molecule has 104 valence electrons. The Labute approximate surface area is 113 Å². The van der Waals surface area contributed by atoms with Crippen LogP contribution in [0.4, 0.5) is 0 Å². The second kappa shape index (κ2) is 9.78. The average molecular weight is 277 g/mol. The molecule has 1 rings (SSSR count). The van der Waals surface area contributed by atoms with Crippen molar-refractivity contribution in [2.75, 3.05) is 13.6 Å². The van der Waals surface area contributed by atoms with E-state index in [1.165, 1.54) is 0 Å². The van der Waals surface area contributed by atoms with Crippen molar-refractivity contribution in [2.45, 2.75) is 38.6 Å². The van der Waals surface area contributed by atoms with Crippen LogP contribution in [0.5, 0.6) is 0 Å². The van der Waals surface area contributed by atoms with Crippen LogP contribution in [0.3, 0.4) is 0 Å². The van der Waals surface area contributed by atoms with Crippen LogP contribution in [-0.4, -0.2) is 40.1 Å². The highest BCUT2D eigenvalue weighted by molar-refractivity contribution is 5.85. The van der Waals surface area contributed by atoms with Crippen LogP contribution in [0.15, 0.2) is 0 Å². The molecule has 1 amide bonds. The number of hydrogen-bond donors (Lipinski definition) is 3. The lowest BCUT2D eigenvalue weighted by Crippen LogP contribution is -2.29. The lowest BCUT2D eigenvalue weighted by Gasteiger charge is -2.14. The molecular weight excluding hydrogens is 256 g/mol. The zero-order chi connectivity index (χ0) is 12.5. The van der Waals surface area contributed by atoms with Gasteiger partial charge in [-0.15, -0.1) is 22.6 Å². The summed E-state index contributed by atoms with van der Waals surface area (Å²) >= 11 is 0. The maximum atomic E-state index is 11.7. The number of aromatic amines is 1. The van der Waals surface area contributed by atoms with Gasteiger partial charge in [-0.05, 0) is 26.4 Å². The number of nitrogens with zero attached hydrogens (tertiary/aromatic N) is 3. The van der Waals surface area contributed by atoms with Crippen LogP contribution in [0.1, 0.15) is 44.5 Å². The summed E-state index contributed by atoms with van der Waals surface area (Å²) in [6, 6.07) is -0.138. The Morgan fingerprint density at radius 2 is 2.28 bits per heavy atom. The van der Waals surface area contributed by atoms with Gasteiger partial charge in [-0.2, -0.15) is 5.21 Å². The first-order valence-electron chi connectivity index (χ1n) is 5.95. The predicted octanol–water partition coefficient (Wildman–Crippen LogP) is 0.578. The molecule has 1 unspecified atom stereocenters. The summed E-state index contributed by atoms with van der Waals surface area (Å²) in [6.45, 7) is 2.90. The van der Waals surface area contributed by atoms with Gasteiger partial charge in [-0.1, -0.05) is 18.6 Å². The molecule has 0 radical (unpaired) electrons. The molecule has 8 heteroatoms. The van der Waals surface area contributed by atoms with Gasteiger partial charge in [-0.3, -0.25) is 4.79 Å². The number of rotatable bonds is 8. The third kappa shape index (κ3) is 5.92. The molecule has 0 bridgehead atoms. The second-order valence-corrected chi connectivity index (χ2v) is 3.89. The highest BCUT2D eigenvalue weighted by Gasteiger charge is 2.17. The number of H-pyrrole nitrogens is 1. The Balaban J connectivity index is 0.00000289. The summed E-state index contributed by atoms with van der Waals surface area (Å²) in [5, 5.41) is 19.7. The SMILES string of the molecule is CCCC(NC(=O)CCCNC)c1nn[nH]n1.Cl. The topological polar surface area (TPSA) is 95.6 Å². The molecule has 1 heterocycles. The van der Waals surface area contributed by atoms with Crippen molar-refractivity contribution in [3.63, 3.8) is 0 Å². The zero-order valence-electron chi connectivity index (χ0n) is 10.8. The van der Waals surface area contributed by atoms with E-state index in [9.17, 15) is 4.79 Å². The van der Waals surface area contributed by atoms with Gasteiger partial charge >= 0.3 is 0 Å². The van der Waals surface area contributed by atoms with Crippen molar-refractivity contribution >= 4 is 18.3 Å². The molecule has 7 nitrogen and oxygen atoms in total. The number of carbonyl (C=O) groups excluding carboxylic acids is 1. The van der Waals surface area contributed by atoms with Crippen LogP contribution in [0.25, 0.3) is 0 Å². The van der Waals surface area contributed by atoms with E-state index in [1.807, 2.05) is 7.05 Å². The normalized spacial score (nSPS) is 11.7. The Morgan fingerprint density at radius 3 is 2.83 bits per heavy atom. The first-order valence-corrected chi connectivity index (χ1v) is 5.95. The number of nitrogens with one attached hydrogen (secondary N) is 3. The van der Waals surface area contributed by atoms with Crippen molar-refractivity contribution in [3.8, 4) is 0 Å². The van der Waals surface area contributed by atoms with Gasteiger partial charge in [0.05, 0.1) is 6.04 Å². The molecular formula is C10H21ClN6O. The Hall–Kier alpha value is -1.21. The fourth-order valence-corrected chi connectivity index (χ4v) is 1.56. The first-order chi connectivity index (χ1) is 8.27. The molecule has 0 aromatic carbocycles. The van der Waals surface area contributed by atoms with Crippen molar-refractivity contribution in [3.05, 3.63) is 5.82 Å². The van der Waals surface area contributed by atoms with Gasteiger partial charge in [0.15, 0.2) is 5.82 Å². The molecule has 0 fully saturated rings. The molecule has 0 saturated heterocycles. The minimum atomic E-state index is -0.138. The number of amides is 1. The van der Waals surface area contributed by atoms with E-state index in [-0.39, 0.29) is 24.4 Å². The van der Waals surface area contributed by atoms with E-state index in [0.29, 0.717) is 12.2 Å². The van der Waals surface area contributed by atoms with Crippen molar-refractivity contribution in [1.82, 2.24) is 31.3 Å². The molecule has 0 spiro atoms. The third-order valence-electron chi connectivity index (χ3n) is 2.42. The largest absolute Gasteiger partial charge is 0.346 e. The Kier molecular flexibility index (Phi) is 9.13. The molecule has 1 aromatic rings. The maximum Gasteiger partial charge on any atom is 0.220 e. The molecule has 0 aliphatic carbocycles. The van der Waals surface area contributed by atoms with E-state index >= 15 is 0 Å².